The molecule has 0 spiro atoms. The lowest BCUT2D eigenvalue weighted by atomic mass is 10.8. The van der Waals surface area contributed by atoms with Gasteiger partial charge in [-0.15, -0.1) is 0 Å². The van der Waals surface area contributed by atoms with Crippen LogP contribution in [-0.4, -0.2) is 16.4 Å². The van der Waals surface area contributed by atoms with Crippen LogP contribution >= 0.6 is 15.9 Å². The second kappa shape index (κ2) is 3.11. The monoisotopic (exact) mass is 153 g/mol. The van der Waals surface area contributed by atoms with Gasteiger partial charge in [-0.25, -0.2) is 5.48 Å². The van der Waals surface area contributed by atoms with Crippen LogP contribution in [0.5, 0.6) is 0 Å². The molecule has 0 aliphatic heterocycles. The van der Waals surface area contributed by atoms with Crippen LogP contribution in [0.3, 0.4) is 0 Å². The Morgan fingerprint density at radius 2 is 2.50 bits per heavy atom. The van der Waals surface area contributed by atoms with Crippen LogP contribution in [0.15, 0.2) is 0 Å². The molecule has 0 saturated carbocycles. The molecular weight excluding hydrogens is 150 g/mol. The van der Waals surface area contributed by atoms with E-state index in [0.717, 1.165) is 0 Å². The lowest BCUT2D eigenvalue weighted by molar-refractivity contribution is -0.126. The van der Waals surface area contributed by atoms with Crippen molar-refractivity contribution >= 4 is 21.8 Å². The fraction of sp³-hybridized carbons (Fsp3) is 0.500. The van der Waals surface area contributed by atoms with Crippen LogP contribution in [0.2, 0.25) is 0 Å². The van der Waals surface area contributed by atoms with Gasteiger partial charge in [-0.3, -0.25) is 10.0 Å². The molecule has 0 unspecified atom stereocenters. The third-order valence-corrected chi connectivity index (χ3v) is 0.755. The van der Waals surface area contributed by atoms with Gasteiger partial charge < -0.3 is 0 Å². The average molecular weight is 154 g/mol. The topological polar surface area (TPSA) is 49.3 Å². The second-order valence-corrected chi connectivity index (χ2v) is 1.23. The third kappa shape index (κ3) is 2.17. The van der Waals surface area contributed by atoms with E-state index in [0.29, 0.717) is 0 Å². The van der Waals surface area contributed by atoms with Gasteiger partial charge in [-0.1, -0.05) is 15.9 Å². The quantitative estimate of drug-likeness (QED) is 0.314. The van der Waals surface area contributed by atoms with E-state index in [9.17, 15) is 4.79 Å². The number of amides is 1. The van der Waals surface area contributed by atoms with Crippen molar-refractivity contribution in [3.8, 4) is 0 Å². The van der Waals surface area contributed by atoms with Gasteiger partial charge in [0.05, 0.1) is 5.33 Å². The molecule has 0 heterocycles. The van der Waals surface area contributed by atoms with Crippen LogP contribution < -0.4 is 5.48 Å². The maximum absolute atomic E-state index is 9.77. The first-order valence-corrected chi connectivity index (χ1v) is 2.42. The van der Waals surface area contributed by atoms with E-state index in [2.05, 4.69) is 15.9 Å². The number of carbonyl (C=O) groups is 1. The number of halogens is 1. The number of alkyl halides is 1. The average Bonchev–Trinajstić information content (AvgIpc) is 1.65. The summed E-state index contributed by atoms with van der Waals surface area (Å²) in [6, 6.07) is 0. The van der Waals surface area contributed by atoms with Crippen molar-refractivity contribution in [1.29, 1.82) is 0 Å². The number of nitrogens with one attached hydrogen (secondary N) is 1. The Hall–Kier alpha value is -0.0900. The maximum Gasteiger partial charge on any atom is 0.253 e. The predicted octanol–water partition coefficient (Wildman–Crippen LogP) is -0.113. The Morgan fingerprint density at radius 3 is 2.50 bits per heavy atom. The highest BCUT2D eigenvalue weighted by Crippen LogP contribution is 1.74. The molecular formula is C2H4BrNO2. The smallest absolute Gasteiger partial charge is 0.253 e. The van der Waals surface area contributed by atoms with Gasteiger partial charge in [-0.2, -0.15) is 0 Å². The molecule has 0 radical (unpaired) electrons. The Labute approximate surface area is 43.4 Å². The highest BCUT2D eigenvalue weighted by Gasteiger charge is 1.88. The summed E-state index contributed by atoms with van der Waals surface area (Å²) in [7, 11) is 0. The zero-order chi connectivity index (χ0) is 4.99. The minimum Gasteiger partial charge on any atom is -0.289 e. The first-order valence-electron chi connectivity index (χ1n) is 1.30. The summed E-state index contributed by atoms with van der Waals surface area (Å²) in [4.78, 5) is 9.77. The van der Waals surface area contributed by atoms with Crippen LogP contribution in [0.1, 0.15) is 0 Å². The summed E-state index contributed by atoms with van der Waals surface area (Å²) in [6.07, 6.45) is 0. The Balaban J connectivity index is 2.99. The van der Waals surface area contributed by atoms with Crippen LogP contribution in [0.25, 0.3) is 0 Å². The first kappa shape index (κ1) is 5.91. The zero-order valence-corrected chi connectivity index (χ0v) is 4.53. The molecule has 0 aliphatic rings. The normalized spacial score (nSPS) is 7.67. The molecule has 1 amide bonds. The Bertz CT molecular complexity index is 49.5. The molecule has 36 valence electrons. The molecule has 4 heteroatoms. The van der Waals surface area contributed by atoms with Gasteiger partial charge in [0.15, 0.2) is 0 Å². The Morgan fingerprint density at radius 1 is 2.00 bits per heavy atom. The highest BCUT2D eigenvalue weighted by atomic mass is 79.9. The van der Waals surface area contributed by atoms with Crippen molar-refractivity contribution in [3.05, 3.63) is 0 Å². The molecule has 0 fully saturated rings. The largest absolute Gasteiger partial charge is 0.289 e. The van der Waals surface area contributed by atoms with Crippen molar-refractivity contribution in [2.75, 3.05) is 5.33 Å². The molecule has 6 heavy (non-hydrogen) atoms. The summed E-state index contributed by atoms with van der Waals surface area (Å²) in [5.41, 5.74) is 1.43. The summed E-state index contributed by atoms with van der Waals surface area (Å²) in [5.74, 6) is -0.435. The van der Waals surface area contributed by atoms with E-state index in [4.69, 9.17) is 5.21 Å². The third-order valence-electron chi connectivity index (χ3n) is 0.246. The molecule has 0 aromatic carbocycles. The summed E-state index contributed by atoms with van der Waals surface area (Å²) in [5, 5.41) is 7.85. The van der Waals surface area contributed by atoms with Crippen molar-refractivity contribution in [2.45, 2.75) is 0 Å². The molecule has 3 nitrogen and oxygen atoms in total. The van der Waals surface area contributed by atoms with Crippen molar-refractivity contribution < 1.29 is 10.0 Å². The number of carbonyl (C=O) groups excluding carboxylic acids is 1. The molecule has 0 bridgehead atoms. The van der Waals surface area contributed by atoms with Crippen LogP contribution in [0.4, 0.5) is 0 Å². The van der Waals surface area contributed by atoms with Crippen molar-refractivity contribution in [3.63, 3.8) is 0 Å². The lowest BCUT2D eigenvalue weighted by Crippen LogP contribution is -2.18. The van der Waals surface area contributed by atoms with Crippen LogP contribution in [0, 0.1) is 0 Å². The van der Waals surface area contributed by atoms with Gasteiger partial charge in [0.1, 0.15) is 0 Å². The molecule has 0 rings (SSSR count). The van der Waals surface area contributed by atoms with E-state index < -0.39 is 5.91 Å². The fourth-order valence-corrected chi connectivity index (χ4v) is 0.155. The molecule has 0 atom stereocenters. The first-order chi connectivity index (χ1) is 2.81. The Kier molecular flexibility index (Phi) is 3.07. The molecule has 2 N–H and O–H groups in total. The van der Waals surface area contributed by atoms with Crippen molar-refractivity contribution in [1.82, 2.24) is 5.48 Å². The second-order valence-electron chi connectivity index (χ2n) is 0.669. The van der Waals surface area contributed by atoms with E-state index in [-0.39, 0.29) is 5.33 Å². The summed E-state index contributed by atoms with van der Waals surface area (Å²) in [6.45, 7) is 0. The lowest BCUT2D eigenvalue weighted by Gasteiger charge is -1.84. The van der Waals surface area contributed by atoms with E-state index in [1.54, 1.807) is 0 Å². The highest BCUT2D eigenvalue weighted by molar-refractivity contribution is 9.09. The van der Waals surface area contributed by atoms with Gasteiger partial charge in [-0.05, 0) is 0 Å². The minimum atomic E-state index is -0.435. The maximum atomic E-state index is 9.77. The fourth-order valence-electron chi connectivity index (χ4n) is 0.0299. The number of hydrogen-bond donors (Lipinski definition) is 2. The predicted molar refractivity (Wildman–Crippen MR) is 23.7 cm³/mol. The van der Waals surface area contributed by atoms with E-state index >= 15 is 0 Å². The van der Waals surface area contributed by atoms with Gasteiger partial charge >= 0.3 is 0 Å². The summed E-state index contributed by atoms with van der Waals surface area (Å²) < 4.78 is 0. The summed E-state index contributed by atoms with van der Waals surface area (Å²) >= 11 is 2.80. The van der Waals surface area contributed by atoms with Gasteiger partial charge in [0.25, 0.3) is 5.91 Å². The standard InChI is InChI=1S/C2H4BrNO2/c3-1-2(5)4-6/h6H,1H2,(H,4,5). The van der Waals surface area contributed by atoms with Gasteiger partial charge in [0.2, 0.25) is 0 Å². The van der Waals surface area contributed by atoms with Gasteiger partial charge in [0, 0.05) is 0 Å². The van der Waals surface area contributed by atoms with E-state index in [1.165, 1.54) is 5.48 Å². The van der Waals surface area contributed by atoms with E-state index in [1.807, 2.05) is 0 Å². The number of hydrogen-bond acceptors (Lipinski definition) is 2. The molecule has 0 aliphatic carbocycles. The molecule has 0 saturated heterocycles. The zero-order valence-electron chi connectivity index (χ0n) is 2.94. The van der Waals surface area contributed by atoms with Crippen LogP contribution in [-0.2, 0) is 4.79 Å². The minimum absolute atomic E-state index is 0.142. The SMILES string of the molecule is O=C(CBr)NO. The number of rotatable bonds is 1. The number of hydroxylamine groups is 1. The molecule has 0 aromatic heterocycles. The van der Waals surface area contributed by atoms with Crippen molar-refractivity contribution in [2.24, 2.45) is 0 Å². The molecule has 0 aromatic rings.